The standard InChI is InChI=1S/C14H23N3O2S/c1-16-20(18,19)14-8-7-12(9-13(14)15)17(2)10-11-5-3-4-6-11/h7-9,11,16H,3-6,10,15H2,1-2H3. The van der Waals surface area contributed by atoms with Crippen LogP contribution in [0.15, 0.2) is 23.1 Å². The molecule has 1 aromatic carbocycles. The fourth-order valence-corrected chi connectivity index (χ4v) is 3.65. The molecule has 5 nitrogen and oxygen atoms in total. The van der Waals surface area contributed by atoms with Crippen LogP contribution in [-0.4, -0.2) is 29.1 Å². The summed E-state index contributed by atoms with van der Waals surface area (Å²) < 4.78 is 25.8. The highest BCUT2D eigenvalue weighted by Gasteiger charge is 2.19. The van der Waals surface area contributed by atoms with E-state index >= 15 is 0 Å². The first-order chi connectivity index (χ1) is 9.44. The SMILES string of the molecule is CNS(=O)(=O)c1ccc(N(C)CC2CCCC2)cc1N. The van der Waals surface area contributed by atoms with E-state index in [4.69, 9.17) is 5.73 Å². The molecule has 6 heteroatoms. The van der Waals surface area contributed by atoms with E-state index in [-0.39, 0.29) is 10.6 Å². The van der Waals surface area contributed by atoms with E-state index < -0.39 is 10.0 Å². The van der Waals surface area contributed by atoms with Gasteiger partial charge in [-0.15, -0.1) is 0 Å². The van der Waals surface area contributed by atoms with Crippen LogP contribution in [0.3, 0.4) is 0 Å². The van der Waals surface area contributed by atoms with Gasteiger partial charge in [0.25, 0.3) is 0 Å². The third kappa shape index (κ3) is 3.24. The van der Waals surface area contributed by atoms with Crippen LogP contribution in [0.4, 0.5) is 11.4 Å². The van der Waals surface area contributed by atoms with Crippen LogP contribution in [0.25, 0.3) is 0 Å². The van der Waals surface area contributed by atoms with E-state index in [1.807, 2.05) is 13.1 Å². The lowest BCUT2D eigenvalue weighted by Gasteiger charge is -2.23. The van der Waals surface area contributed by atoms with Crippen molar-refractivity contribution in [3.8, 4) is 0 Å². The minimum Gasteiger partial charge on any atom is -0.398 e. The summed E-state index contributed by atoms with van der Waals surface area (Å²) in [5.74, 6) is 0.738. The van der Waals surface area contributed by atoms with Gasteiger partial charge in [0.05, 0.1) is 5.69 Å². The lowest BCUT2D eigenvalue weighted by atomic mass is 10.1. The highest BCUT2D eigenvalue weighted by atomic mass is 32.2. The second-order valence-corrected chi connectivity index (χ2v) is 7.32. The molecule has 20 heavy (non-hydrogen) atoms. The van der Waals surface area contributed by atoms with Crippen molar-refractivity contribution in [2.75, 3.05) is 31.3 Å². The minimum atomic E-state index is -3.49. The highest BCUT2D eigenvalue weighted by molar-refractivity contribution is 7.89. The lowest BCUT2D eigenvalue weighted by molar-refractivity contribution is 0.547. The van der Waals surface area contributed by atoms with Gasteiger partial charge in [-0.25, -0.2) is 13.1 Å². The Kier molecular flexibility index (Phi) is 4.55. The number of benzene rings is 1. The van der Waals surface area contributed by atoms with Crippen molar-refractivity contribution in [2.45, 2.75) is 30.6 Å². The number of nitrogens with zero attached hydrogens (tertiary/aromatic N) is 1. The third-order valence-corrected chi connectivity index (χ3v) is 5.49. The molecule has 0 bridgehead atoms. The topological polar surface area (TPSA) is 75.4 Å². The van der Waals surface area contributed by atoms with Gasteiger partial charge >= 0.3 is 0 Å². The summed E-state index contributed by atoms with van der Waals surface area (Å²) in [5, 5.41) is 0. The molecule has 0 atom stereocenters. The first-order valence-corrected chi connectivity index (χ1v) is 8.46. The number of anilines is 2. The predicted molar refractivity (Wildman–Crippen MR) is 82.3 cm³/mol. The van der Waals surface area contributed by atoms with Gasteiger partial charge in [0.1, 0.15) is 4.90 Å². The normalized spacial score (nSPS) is 16.5. The van der Waals surface area contributed by atoms with E-state index in [0.29, 0.717) is 0 Å². The van der Waals surface area contributed by atoms with Crippen molar-refractivity contribution in [1.29, 1.82) is 0 Å². The lowest BCUT2D eigenvalue weighted by Crippen LogP contribution is -2.24. The quantitative estimate of drug-likeness (QED) is 0.813. The second kappa shape index (κ2) is 6.01. The summed E-state index contributed by atoms with van der Waals surface area (Å²) in [6.07, 6.45) is 5.21. The molecule has 1 saturated carbocycles. The number of sulfonamides is 1. The Bertz CT molecular complexity index is 566. The molecule has 0 aliphatic heterocycles. The Morgan fingerprint density at radius 1 is 1.35 bits per heavy atom. The average molecular weight is 297 g/mol. The van der Waals surface area contributed by atoms with Gasteiger partial charge in [0, 0.05) is 19.3 Å². The van der Waals surface area contributed by atoms with E-state index in [1.165, 1.54) is 32.7 Å². The maximum Gasteiger partial charge on any atom is 0.242 e. The third-order valence-electron chi connectivity index (χ3n) is 4.00. The molecule has 1 fully saturated rings. The summed E-state index contributed by atoms with van der Waals surface area (Å²) in [4.78, 5) is 2.29. The van der Waals surface area contributed by atoms with Crippen molar-refractivity contribution >= 4 is 21.4 Å². The molecule has 0 saturated heterocycles. The summed E-state index contributed by atoms with van der Waals surface area (Å²) in [6, 6.07) is 5.12. The summed E-state index contributed by atoms with van der Waals surface area (Å²) in [6.45, 7) is 0.998. The molecule has 1 aliphatic carbocycles. The molecular weight excluding hydrogens is 274 g/mol. The molecule has 0 spiro atoms. The molecule has 112 valence electrons. The van der Waals surface area contributed by atoms with Gasteiger partial charge in [-0.1, -0.05) is 12.8 Å². The number of hydrogen-bond donors (Lipinski definition) is 2. The Hall–Kier alpha value is -1.27. The zero-order chi connectivity index (χ0) is 14.8. The zero-order valence-electron chi connectivity index (χ0n) is 12.1. The van der Waals surface area contributed by atoms with E-state index in [9.17, 15) is 8.42 Å². The van der Waals surface area contributed by atoms with Crippen molar-refractivity contribution < 1.29 is 8.42 Å². The monoisotopic (exact) mass is 297 g/mol. The van der Waals surface area contributed by atoms with Gasteiger partial charge in [-0.3, -0.25) is 0 Å². The molecular formula is C14H23N3O2S. The maximum atomic E-state index is 11.8. The second-order valence-electron chi connectivity index (χ2n) is 5.46. The predicted octanol–water partition coefficient (Wildman–Crippen LogP) is 1.80. The largest absolute Gasteiger partial charge is 0.398 e. The van der Waals surface area contributed by atoms with Crippen LogP contribution in [0.5, 0.6) is 0 Å². The number of hydrogen-bond acceptors (Lipinski definition) is 4. The van der Waals surface area contributed by atoms with Gasteiger partial charge in [0.15, 0.2) is 0 Å². The van der Waals surface area contributed by atoms with Gasteiger partial charge in [-0.05, 0) is 44.0 Å². The molecule has 2 rings (SSSR count). The van der Waals surface area contributed by atoms with Crippen LogP contribution in [0.2, 0.25) is 0 Å². The number of rotatable bonds is 5. The minimum absolute atomic E-state index is 0.137. The van der Waals surface area contributed by atoms with Crippen molar-refractivity contribution in [2.24, 2.45) is 5.92 Å². The Balaban J connectivity index is 2.16. The molecule has 0 amide bonds. The molecule has 0 unspecified atom stereocenters. The Morgan fingerprint density at radius 2 is 2.00 bits per heavy atom. The van der Waals surface area contributed by atoms with E-state index in [2.05, 4.69) is 9.62 Å². The van der Waals surface area contributed by atoms with E-state index in [1.54, 1.807) is 12.1 Å². The van der Waals surface area contributed by atoms with Crippen LogP contribution >= 0.6 is 0 Å². The summed E-state index contributed by atoms with van der Waals surface area (Å²) in [5.41, 5.74) is 7.13. The van der Waals surface area contributed by atoms with Gasteiger partial charge in [-0.2, -0.15) is 0 Å². The van der Waals surface area contributed by atoms with Crippen LogP contribution < -0.4 is 15.4 Å². The number of nitrogen functional groups attached to an aromatic ring is 1. The fraction of sp³-hybridized carbons (Fsp3) is 0.571. The molecule has 0 radical (unpaired) electrons. The molecule has 3 N–H and O–H groups in total. The average Bonchev–Trinajstić information content (AvgIpc) is 2.91. The first-order valence-electron chi connectivity index (χ1n) is 6.98. The highest BCUT2D eigenvalue weighted by Crippen LogP contribution is 2.29. The Morgan fingerprint density at radius 3 is 2.55 bits per heavy atom. The van der Waals surface area contributed by atoms with Crippen LogP contribution in [0.1, 0.15) is 25.7 Å². The summed E-state index contributed by atoms with van der Waals surface area (Å²) >= 11 is 0. The van der Waals surface area contributed by atoms with Crippen molar-refractivity contribution in [3.05, 3.63) is 18.2 Å². The maximum absolute atomic E-state index is 11.8. The van der Waals surface area contributed by atoms with Crippen molar-refractivity contribution in [1.82, 2.24) is 4.72 Å². The van der Waals surface area contributed by atoms with Gasteiger partial charge < -0.3 is 10.6 Å². The van der Waals surface area contributed by atoms with Crippen molar-refractivity contribution in [3.63, 3.8) is 0 Å². The van der Waals surface area contributed by atoms with Crippen LogP contribution in [0, 0.1) is 5.92 Å². The van der Waals surface area contributed by atoms with E-state index in [0.717, 1.165) is 18.2 Å². The fourth-order valence-electron chi connectivity index (χ4n) is 2.81. The molecule has 0 aromatic heterocycles. The summed E-state index contributed by atoms with van der Waals surface area (Å²) in [7, 11) is -0.0763. The van der Waals surface area contributed by atoms with Crippen LogP contribution in [-0.2, 0) is 10.0 Å². The molecule has 1 aliphatic rings. The number of nitrogens with two attached hydrogens (primary N) is 1. The number of nitrogens with one attached hydrogen (secondary N) is 1. The molecule has 0 heterocycles. The molecule has 1 aromatic rings. The Labute approximate surface area is 121 Å². The van der Waals surface area contributed by atoms with Gasteiger partial charge in [0.2, 0.25) is 10.0 Å². The zero-order valence-corrected chi connectivity index (χ0v) is 12.9. The smallest absolute Gasteiger partial charge is 0.242 e. The first kappa shape index (κ1) is 15.1.